The fourth-order valence-electron chi connectivity index (χ4n) is 2.27. The highest BCUT2D eigenvalue weighted by atomic mass is 16.4. The number of carboxylic acid groups (broad SMARTS) is 1. The zero-order chi connectivity index (χ0) is 16.4. The molecule has 1 unspecified atom stereocenters. The number of carboxylic acids is 1. The lowest BCUT2D eigenvalue weighted by Gasteiger charge is -2.12. The first kappa shape index (κ1) is 15.8. The molecule has 2 aromatic rings. The number of hydrogen-bond acceptors (Lipinski definition) is 4. The Morgan fingerprint density at radius 3 is 2.64 bits per heavy atom. The summed E-state index contributed by atoms with van der Waals surface area (Å²) in [5, 5.41) is 16.0. The third-order valence-corrected chi connectivity index (χ3v) is 3.67. The van der Waals surface area contributed by atoms with E-state index in [1.807, 2.05) is 20.9 Å². The monoisotopic (exact) mass is 305 g/mol. The molecule has 2 rings (SSSR count). The smallest absolute Gasteiger partial charge is 0.339 e. The molecule has 0 saturated carbocycles. The molecular formula is C15H19N3O4. The van der Waals surface area contributed by atoms with Gasteiger partial charge in [0.15, 0.2) is 5.76 Å². The van der Waals surface area contributed by atoms with Crippen LogP contribution in [0.1, 0.15) is 57.8 Å². The number of rotatable bonds is 5. The molecule has 0 spiro atoms. The first-order valence-corrected chi connectivity index (χ1v) is 7.00. The molecule has 1 amide bonds. The van der Waals surface area contributed by atoms with E-state index in [0.717, 1.165) is 11.3 Å². The fourth-order valence-corrected chi connectivity index (χ4v) is 2.27. The van der Waals surface area contributed by atoms with Gasteiger partial charge in [0, 0.05) is 30.8 Å². The minimum atomic E-state index is -1.10. The van der Waals surface area contributed by atoms with Gasteiger partial charge in [-0.05, 0) is 13.8 Å². The lowest BCUT2D eigenvalue weighted by molar-refractivity contribution is 0.0694. The molecule has 0 bridgehead atoms. The molecule has 0 fully saturated rings. The molecule has 0 aliphatic heterocycles. The van der Waals surface area contributed by atoms with Crippen LogP contribution in [0.5, 0.6) is 0 Å². The van der Waals surface area contributed by atoms with Crippen LogP contribution >= 0.6 is 0 Å². The summed E-state index contributed by atoms with van der Waals surface area (Å²) in [6, 6.07) is 1.00. The van der Waals surface area contributed by atoms with Crippen molar-refractivity contribution in [1.29, 1.82) is 0 Å². The van der Waals surface area contributed by atoms with Gasteiger partial charge in [0.1, 0.15) is 11.3 Å². The maximum absolute atomic E-state index is 12.2. The van der Waals surface area contributed by atoms with Crippen molar-refractivity contribution in [2.24, 2.45) is 7.05 Å². The van der Waals surface area contributed by atoms with E-state index < -0.39 is 11.9 Å². The van der Waals surface area contributed by atoms with Gasteiger partial charge in [-0.2, -0.15) is 5.10 Å². The summed E-state index contributed by atoms with van der Waals surface area (Å²) in [6.45, 7) is 5.52. The zero-order valence-corrected chi connectivity index (χ0v) is 13.0. The van der Waals surface area contributed by atoms with Crippen molar-refractivity contribution in [2.45, 2.75) is 33.2 Å². The fraction of sp³-hybridized carbons (Fsp3) is 0.400. The third-order valence-electron chi connectivity index (χ3n) is 3.67. The highest BCUT2D eigenvalue weighted by Crippen LogP contribution is 2.19. The van der Waals surface area contributed by atoms with Crippen LogP contribution in [-0.4, -0.2) is 26.8 Å². The zero-order valence-electron chi connectivity index (χ0n) is 13.0. The second-order valence-electron chi connectivity index (χ2n) is 5.11. The number of aromatic nitrogens is 2. The predicted octanol–water partition coefficient (Wildman–Crippen LogP) is 2.07. The Morgan fingerprint density at radius 2 is 2.18 bits per heavy atom. The summed E-state index contributed by atoms with van der Waals surface area (Å²) >= 11 is 0. The second-order valence-corrected chi connectivity index (χ2v) is 5.11. The van der Waals surface area contributed by atoms with Gasteiger partial charge in [0.2, 0.25) is 0 Å². The lowest BCUT2D eigenvalue weighted by atomic mass is 10.1. The van der Waals surface area contributed by atoms with Crippen molar-refractivity contribution in [3.63, 3.8) is 0 Å². The summed E-state index contributed by atoms with van der Waals surface area (Å²) in [5.74, 6) is -1.25. The van der Waals surface area contributed by atoms with Crippen molar-refractivity contribution in [2.75, 3.05) is 0 Å². The molecule has 22 heavy (non-hydrogen) atoms. The molecule has 0 saturated heterocycles. The van der Waals surface area contributed by atoms with E-state index in [0.29, 0.717) is 12.2 Å². The molecule has 0 aliphatic carbocycles. The maximum Gasteiger partial charge on any atom is 0.339 e. The van der Waals surface area contributed by atoms with Crippen LogP contribution in [0.15, 0.2) is 16.7 Å². The Hall–Kier alpha value is -2.57. The number of aryl methyl sites for hydroxylation is 2. The molecule has 0 aromatic carbocycles. The van der Waals surface area contributed by atoms with Gasteiger partial charge in [0.05, 0.1) is 12.2 Å². The Morgan fingerprint density at radius 1 is 1.50 bits per heavy atom. The molecule has 0 radical (unpaired) electrons. The maximum atomic E-state index is 12.2. The van der Waals surface area contributed by atoms with Crippen LogP contribution in [-0.2, 0) is 13.5 Å². The second kappa shape index (κ2) is 6.05. The highest BCUT2D eigenvalue weighted by molar-refractivity contribution is 5.96. The summed E-state index contributed by atoms with van der Waals surface area (Å²) < 4.78 is 7.07. The third kappa shape index (κ3) is 2.88. The van der Waals surface area contributed by atoms with Crippen LogP contribution < -0.4 is 5.32 Å². The lowest BCUT2D eigenvalue weighted by Crippen LogP contribution is -2.26. The molecule has 1 atom stereocenters. The molecule has 2 heterocycles. The van der Waals surface area contributed by atoms with Gasteiger partial charge in [0.25, 0.3) is 5.91 Å². The van der Waals surface area contributed by atoms with Gasteiger partial charge >= 0.3 is 5.97 Å². The molecule has 0 aliphatic rings. The number of carbonyl (C=O) groups is 2. The largest absolute Gasteiger partial charge is 0.478 e. The Kier molecular flexibility index (Phi) is 4.35. The average Bonchev–Trinajstić information content (AvgIpc) is 3.04. The Bertz CT molecular complexity index is 714. The number of nitrogens with one attached hydrogen (secondary N) is 1. The van der Waals surface area contributed by atoms with E-state index in [1.165, 1.54) is 6.07 Å². The van der Waals surface area contributed by atoms with Crippen molar-refractivity contribution < 1.29 is 19.1 Å². The van der Waals surface area contributed by atoms with Crippen LogP contribution in [0.4, 0.5) is 0 Å². The van der Waals surface area contributed by atoms with Crippen molar-refractivity contribution in [3.8, 4) is 0 Å². The molecule has 2 aromatic heterocycles. The first-order chi connectivity index (χ1) is 10.3. The molecule has 7 heteroatoms. The van der Waals surface area contributed by atoms with E-state index in [4.69, 9.17) is 9.52 Å². The van der Waals surface area contributed by atoms with Crippen molar-refractivity contribution in [1.82, 2.24) is 15.1 Å². The molecular weight excluding hydrogens is 286 g/mol. The number of hydrogen-bond donors (Lipinski definition) is 2. The number of aromatic carboxylic acids is 1. The average molecular weight is 305 g/mol. The Balaban J connectivity index is 2.19. The minimum Gasteiger partial charge on any atom is -0.478 e. The van der Waals surface area contributed by atoms with Crippen molar-refractivity contribution >= 4 is 11.9 Å². The van der Waals surface area contributed by atoms with E-state index >= 15 is 0 Å². The van der Waals surface area contributed by atoms with Gasteiger partial charge in [-0.25, -0.2) is 4.79 Å². The summed E-state index contributed by atoms with van der Waals surface area (Å²) in [6.07, 6.45) is 2.11. The molecule has 118 valence electrons. The Labute approximate surface area is 127 Å². The van der Waals surface area contributed by atoms with Gasteiger partial charge in [-0.15, -0.1) is 0 Å². The van der Waals surface area contributed by atoms with E-state index in [9.17, 15) is 9.59 Å². The van der Waals surface area contributed by atoms with E-state index in [1.54, 1.807) is 17.8 Å². The number of nitrogens with zero attached hydrogens (tertiary/aromatic N) is 2. The van der Waals surface area contributed by atoms with Crippen LogP contribution in [0, 0.1) is 6.92 Å². The summed E-state index contributed by atoms with van der Waals surface area (Å²) in [5.41, 5.74) is 1.88. The quantitative estimate of drug-likeness (QED) is 0.881. The number of amides is 1. The standard InChI is InChI=1S/C15H19N3O4/c1-5-12-10(15(20)21)6-13(22-12)14(19)17-8(2)11-7-16-18(4)9(11)3/h6-8H,5H2,1-4H3,(H,17,19)(H,20,21). The SMILES string of the molecule is CCc1oc(C(=O)NC(C)c2cnn(C)c2C)cc1C(=O)O. The predicted molar refractivity (Wildman–Crippen MR) is 78.9 cm³/mol. The van der Waals surface area contributed by atoms with Crippen LogP contribution in [0.2, 0.25) is 0 Å². The van der Waals surface area contributed by atoms with E-state index in [-0.39, 0.29) is 17.4 Å². The van der Waals surface area contributed by atoms with Crippen LogP contribution in [0.3, 0.4) is 0 Å². The summed E-state index contributed by atoms with van der Waals surface area (Å²) in [7, 11) is 1.83. The van der Waals surface area contributed by atoms with Gasteiger partial charge < -0.3 is 14.8 Å². The molecule has 2 N–H and O–H groups in total. The van der Waals surface area contributed by atoms with Gasteiger partial charge in [-0.1, -0.05) is 6.92 Å². The summed E-state index contributed by atoms with van der Waals surface area (Å²) in [4.78, 5) is 23.3. The topological polar surface area (TPSA) is 97.4 Å². The van der Waals surface area contributed by atoms with Crippen molar-refractivity contribution in [3.05, 3.63) is 40.6 Å². The van der Waals surface area contributed by atoms with Crippen LogP contribution in [0.25, 0.3) is 0 Å². The molecule has 7 nitrogen and oxygen atoms in total. The number of furan rings is 1. The minimum absolute atomic E-state index is 0.00245. The number of carbonyl (C=O) groups excluding carboxylic acids is 1. The first-order valence-electron chi connectivity index (χ1n) is 7.00. The highest BCUT2D eigenvalue weighted by Gasteiger charge is 2.22. The normalized spacial score (nSPS) is 12.2. The van der Waals surface area contributed by atoms with E-state index in [2.05, 4.69) is 10.4 Å². The van der Waals surface area contributed by atoms with Gasteiger partial charge in [-0.3, -0.25) is 9.48 Å².